The molecule has 1 N–H and O–H groups in total. The maximum Gasteiger partial charge on any atom is 0.248 e. The van der Waals surface area contributed by atoms with Gasteiger partial charge in [-0.05, 0) is 37.1 Å². The van der Waals surface area contributed by atoms with E-state index in [0.717, 1.165) is 22.0 Å². The monoisotopic (exact) mass is 380 g/mol. The van der Waals surface area contributed by atoms with Crippen molar-refractivity contribution in [3.05, 3.63) is 49.1 Å². The summed E-state index contributed by atoms with van der Waals surface area (Å²) in [6, 6.07) is 7.84. The maximum absolute atomic E-state index is 13.3. The van der Waals surface area contributed by atoms with Crippen LogP contribution in [0.2, 0.25) is 0 Å². The Kier molecular flexibility index (Phi) is 3.92. The molecule has 1 aliphatic carbocycles. The van der Waals surface area contributed by atoms with Gasteiger partial charge in [0.15, 0.2) is 5.65 Å². The molecule has 0 saturated heterocycles. The number of hydrogen-bond donors (Lipinski definition) is 1. The summed E-state index contributed by atoms with van der Waals surface area (Å²) >= 11 is 0. The van der Waals surface area contributed by atoms with Crippen LogP contribution in [-0.2, 0) is 0 Å². The third-order valence-electron chi connectivity index (χ3n) is 5.23. The molecule has 5 rings (SSSR count). The Morgan fingerprint density at radius 3 is 2.79 bits per heavy atom. The van der Waals surface area contributed by atoms with Crippen molar-refractivity contribution in [1.29, 1.82) is 0 Å². The molecule has 28 heavy (non-hydrogen) atoms. The van der Waals surface area contributed by atoms with Gasteiger partial charge >= 0.3 is 0 Å². The minimum absolute atomic E-state index is 0.0238. The highest BCUT2D eigenvalue weighted by molar-refractivity contribution is 5.86. The van der Waals surface area contributed by atoms with E-state index in [0.29, 0.717) is 24.4 Å². The molecule has 1 saturated carbocycles. The Balaban J connectivity index is 1.41. The fourth-order valence-electron chi connectivity index (χ4n) is 3.69. The first-order chi connectivity index (χ1) is 13.6. The highest BCUT2D eigenvalue weighted by Gasteiger charge is 2.35. The lowest BCUT2D eigenvalue weighted by Gasteiger charge is -2.28. The Morgan fingerprint density at radius 1 is 1.07 bits per heavy atom. The van der Waals surface area contributed by atoms with Gasteiger partial charge in [-0.2, -0.15) is 0 Å². The summed E-state index contributed by atoms with van der Waals surface area (Å²) in [5.74, 6) is -2.09. The summed E-state index contributed by atoms with van der Waals surface area (Å²) in [5.41, 5.74) is 3.49. The topological polar surface area (TPSA) is 68.0 Å². The number of hydrogen-bond acceptors (Lipinski definition) is 5. The second-order valence-corrected chi connectivity index (χ2v) is 7.19. The molecule has 0 atom stereocenters. The van der Waals surface area contributed by atoms with Gasteiger partial charge in [0.1, 0.15) is 0 Å². The standard InChI is InChI=1S/C20H18F2N6/c21-20(22)6-3-15(4-7-20)26-19-25-12-17-16(5-9-28(17)27-19)14-10-13-2-1-8-23-18(13)24-11-14/h1-2,5,8-12,15H,3-4,6-7H2,(H,26,27). The van der Waals surface area contributed by atoms with E-state index in [4.69, 9.17) is 0 Å². The van der Waals surface area contributed by atoms with Crippen molar-refractivity contribution in [1.82, 2.24) is 24.6 Å². The molecule has 1 fully saturated rings. The predicted octanol–water partition coefficient (Wildman–Crippen LogP) is 4.33. The van der Waals surface area contributed by atoms with Crippen LogP contribution in [-0.4, -0.2) is 36.5 Å². The lowest BCUT2D eigenvalue weighted by atomic mass is 9.92. The lowest BCUT2D eigenvalue weighted by molar-refractivity contribution is -0.0361. The molecule has 6 nitrogen and oxygen atoms in total. The van der Waals surface area contributed by atoms with Crippen LogP contribution in [0, 0.1) is 0 Å². The molecular formula is C20H18F2N6. The zero-order chi connectivity index (χ0) is 19.1. The summed E-state index contributed by atoms with van der Waals surface area (Å²) in [5, 5.41) is 8.64. The molecule has 0 radical (unpaired) electrons. The summed E-state index contributed by atoms with van der Waals surface area (Å²) in [4.78, 5) is 13.1. The number of pyridine rings is 2. The number of nitrogens with zero attached hydrogens (tertiary/aromatic N) is 5. The van der Waals surface area contributed by atoms with Gasteiger partial charge in [0.05, 0.1) is 11.7 Å². The van der Waals surface area contributed by atoms with Gasteiger partial charge in [-0.15, -0.1) is 5.10 Å². The summed E-state index contributed by atoms with van der Waals surface area (Å²) in [6.07, 6.45) is 7.77. The van der Waals surface area contributed by atoms with Crippen molar-refractivity contribution in [3.63, 3.8) is 0 Å². The van der Waals surface area contributed by atoms with Gasteiger partial charge in [-0.1, -0.05) is 0 Å². The molecule has 142 valence electrons. The molecule has 8 heteroatoms. The zero-order valence-electron chi connectivity index (χ0n) is 15.0. The molecule has 4 aromatic rings. The van der Waals surface area contributed by atoms with Gasteiger partial charge in [0.25, 0.3) is 0 Å². The van der Waals surface area contributed by atoms with E-state index in [-0.39, 0.29) is 18.9 Å². The third-order valence-corrected chi connectivity index (χ3v) is 5.23. The van der Waals surface area contributed by atoms with E-state index in [1.165, 1.54) is 0 Å². The van der Waals surface area contributed by atoms with E-state index in [1.807, 2.05) is 30.5 Å². The molecule has 4 aromatic heterocycles. The highest BCUT2D eigenvalue weighted by atomic mass is 19.3. The Hall–Kier alpha value is -3.16. The summed E-state index contributed by atoms with van der Waals surface area (Å²) in [7, 11) is 0. The number of fused-ring (bicyclic) bond motifs is 2. The normalized spacial score (nSPS) is 17.2. The van der Waals surface area contributed by atoms with Crippen LogP contribution in [0.1, 0.15) is 25.7 Å². The largest absolute Gasteiger partial charge is 0.350 e. The van der Waals surface area contributed by atoms with Gasteiger partial charge in [-0.3, -0.25) is 0 Å². The van der Waals surface area contributed by atoms with Crippen LogP contribution in [0.3, 0.4) is 0 Å². The molecule has 0 aromatic carbocycles. The Morgan fingerprint density at radius 2 is 1.93 bits per heavy atom. The Bertz CT molecular complexity index is 1150. The van der Waals surface area contributed by atoms with E-state index < -0.39 is 5.92 Å². The smallest absolute Gasteiger partial charge is 0.248 e. The van der Waals surface area contributed by atoms with Crippen LogP contribution < -0.4 is 5.32 Å². The number of nitrogens with one attached hydrogen (secondary N) is 1. The molecule has 0 amide bonds. The summed E-state index contributed by atoms with van der Waals surface area (Å²) < 4.78 is 28.4. The van der Waals surface area contributed by atoms with Crippen LogP contribution >= 0.6 is 0 Å². The second kappa shape index (κ2) is 6.47. The van der Waals surface area contributed by atoms with Crippen LogP contribution in [0.25, 0.3) is 27.7 Å². The van der Waals surface area contributed by atoms with E-state index in [2.05, 4.69) is 25.4 Å². The zero-order valence-corrected chi connectivity index (χ0v) is 15.0. The van der Waals surface area contributed by atoms with E-state index in [1.54, 1.807) is 23.1 Å². The van der Waals surface area contributed by atoms with E-state index in [9.17, 15) is 8.78 Å². The fourth-order valence-corrected chi connectivity index (χ4v) is 3.69. The molecule has 1 aliphatic rings. The number of rotatable bonds is 3. The fraction of sp³-hybridized carbons (Fsp3) is 0.300. The number of alkyl halides is 2. The predicted molar refractivity (Wildman–Crippen MR) is 102 cm³/mol. The minimum Gasteiger partial charge on any atom is -0.350 e. The van der Waals surface area contributed by atoms with E-state index >= 15 is 0 Å². The summed E-state index contributed by atoms with van der Waals surface area (Å²) in [6.45, 7) is 0. The van der Waals surface area contributed by atoms with Gasteiger partial charge in [0.2, 0.25) is 11.9 Å². The van der Waals surface area contributed by atoms with Crippen molar-refractivity contribution in [2.45, 2.75) is 37.6 Å². The van der Waals surface area contributed by atoms with Crippen molar-refractivity contribution in [3.8, 4) is 11.1 Å². The quantitative estimate of drug-likeness (QED) is 0.573. The molecule has 4 heterocycles. The van der Waals surface area contributed by atoms with Crippen molar-refractivity contribution in [2.75, 3.05) is 5.32 Å². The van der Waals surface area contributed by atoms with Gasteiger partial charge in [0, 0.05) is 54.0 Å². The first-order valence-electron chi connectivity index (χ1n) is 9.27. The van der Waals surface area contributed by atoms with Crippen LogP contribution in [0.5, 0.6) is 0 Å². The molecule has 0 spiro atoms. The number of halogens is 2. The molecule has 0 aliphatic heterocycles. The van der Waals surface area contributed by atoms with Crippen molar-refractivity contribution < 1.29 is 8.78 Å². The van der Waals surface area contributed by atoms with Crippen LogP contribution in [0.15, 0.2) is 49.1 Å². The SMILES string of the molecule is FC1(F)CCC(Nc2ncc3c(-c4cnc5ncccc5c4)ccn3n2)CC1. The first-order valence-corrected chi connectivity index (χ1v) is 9.27. The average molecular weight is 380 g/mol. The Labute approximate surface area is 159 Å². The molecular weight excluding hydrogens is 362 g/mol. The molecule has 0 bridgehead atoms. The first kappa shape index (κ1) is 17.0. The van der Waals surface area contributed by atoms with Gasteiger partial charge < -0.3 is 5.32 Å². The van der Waals surface area contributed by atoms with Crippen molar-refractivity contribution in [2.24, 2.45) is 0 Å². The van der Waals surface area contributed by atoms with Crippen LogP contribution in [0.4, 0.5) is 14.7 Å². The lowest BCUT2D eigenvalue weighted by Crippen LogP contribution is -2.32. The average Bonchev–Trinajstić information content (AvgIpc) is 3.12. The second-order valence-electron chi connectivity index (χ2n) is 7.19. The highest BCUT2D eigenvalue weighted by Crippen LogP contribution is 2.34. The molecule has 0 unspecified atom stereocenters. The van der Waals surface area contributed by atoms with Crippen molar-refractivity contribution >= 4 is 22.5 Å². The maximum atomic E-state index is 13.3. The minimum atomic E-state index is -2.54. The third kappa shape index (κ3) is 3.15. The number of aromatic nitrogens is 5. The number of anilines is 1. The van der Waals surface area contributed by atoms with Gasteiger partial charge in [-0.25, -0.2) is 28.2 Å².